The molecule has 0 aromatic carbocycles. The number of nitrogens with one attached hydrogen (secondary N) is 1. The van der Waals surface area contributed by atoms with E-state index in [1.54, 1.807) is 17.4 Å². The first kappa shape index (κ1) is 11.1. The largest absolute Gasteiger partial charge is 0.506 e. The van der Waals surface area contributed by atoms with E-state index in [4.69, 9.17) is 5.11 Å². The van der Waals surface area contributed by atoms with Gasteiger partial charge in [-0.3, -0.25) is 4.98 Å². The van der Waals surface area contributed by atoms with Gasteiger partial charge in [0.15, 0.2) is 0 Å². The van der Waals surface area contributed by atoms with Crippen LogP contribution in [0.4, 0.5) is 0 Å². The lowest BCUT2D eigenvalue weighted by Crippen LogP contribution is -2.13. The van der Waals surface area contributed by atoms with E-state index in [9.17, 15) is 0 Å². The Morgan fingerprint density at radius 3 is 2.81 bits per heavy atom. The fourth-order valence-corrected chi connectivity index (χ4v) is 2.29. The molecule has 2 aromatic heterocycles. The van der Waals surface area contributed by atoms with Gasteiger partial charge in [0.2, 0.25) is 0 Å². The Morgan fingerprint density at radius 1 is 1.31 bits per heavy atom. The Bertz CT molecular complexity index is 450. The van der Waals surface area contributed by atoms with E-state index in [0.717, 1.165) is 18.8 Å². The number of thiophene rings is 1. The van der Waals surface area contributed by atoms with E-state index in [0.29, 0.717) is 0 Å². The van der Waals surface area contributed by atoms with Crippen molar-refractivity contribution < 1.29 is 5.11 Å². The first-order valence-electron chi connectivity index (χ1n) is 5.13. The zero-order valence-corrected chi connectivity index (χ0v) is 9.92. The molecular weight excluding hydrogens is 220 g/mol. The molecule has 0 unspecified atom stereocenters. The van der Waals surface area contributed by atoms with Crippen molar-refractivity contribution in [1.82, 2.24) is 10.3 Å². The predicted octanol–water partition coefficient (Wildman–Crippen LogP) is 2.45. The van der Waals surface area contributed by atoms with Gasteiger partial charge in [-0.2, -0.15) is 0 Å². The standard InChI is InChI=1S/C12H14N2OS/c1-9-4-5-16-12(9)8-13-6-10-2-3-11(15)7-14-10/h2-5,7,13,15H,6,8H2,1H3. The summed E-state index contributed by atoms with van der Waals surface area (Å²) in [6.07, 6.45) is 1.47. The maximum atomic E-state index is 9.09. The molecule has 0 aliphatic carbocycles. The molecule has 0 aliphatic heterocycles. The van der Waals surface area contributed by atoms with Crippen LogP contribution < -0.4 is 5.32 Å². The number of nitrogens with zero attached hydrogens (tertiary/aromatic N) is 1. The van der Waals surface area contributed by atoms with Crippen LogP contribution in [-0.4, -0.2) is 10.1 Å². The lowest BCUT2D eigenvalue weighted by atomic mass is 10.3. The van der Waals surface area contributed by atoms with Gasteiger partial charge in [-0.05, 0) is 36.1 Å². The number of pyridine rings is 1. The summed E-state index contributed by atoms with van der Waals surface area (Å²) >= 11 is 1.76. The average Bonchev–Trinajstić information content (AvgIpc) is 2.68. The van der Waals surface area contributed by atoms with E-state index in [2.05, 4.69) is 28.7 Å². The van der Waals surface area contributed by atoms with E-state index >= 15 is 0 Å². The molecule has 2 N–H and O–H groups in total. The highest BCUT2D eigenvalue weighted by atomic mass is 32.1. The first-order chi connectivity index (χ1) is 7.75. The van der Waals surface area contributed by atoms with E-state index in [1.165, 1.54) is 16.6 Å². The van der Waals surface area contributed by atoms with E-state index in [-0.39, 0.29) is 5.75 Å². The van der Waals surface area contributed by atoms with Crippen molar-refractivity contribution in [3.8, 4) is 5.75 Å². The predicted molar refractivity (Wildman–Crippen MR) is 65.5 cm³/mol. The van der Waals surface area contributed by atoms with E-state index < -0.39 is 0 Å². The second-order valence-corrected chi connectivity index (χ2v) is 4.64. The molecule has 0 aliphatic rings. The Balaban J connectivity index is 1.84. The van der Waals surface area contributed by atoms with Crippen LogP contribution in [0.15, 0.2) is 29.8 Å². The zero-order chi connectivity index (χ0) is 11.4. The van der Waals surface area contributed by atoms with Crippen molar-refractivity contribution in [2.24, 2.45) is 0 Å². The lowest BCUT2D eigenvalue weighted by Gasteiger charge is -2.03. The smallest absolute Gasteiger partial charge is 0.133 e. The summed E-state index contributed by atoms with van der Waals surface area (Å²) in [5.41, 5.74) is 2.27. The van der Waals surface area contributed by atoms with Crippen molar-refractivity contribution in [2.45, 2.75) is 20.0 Å². The first-order valence-corrected chi connectivity index (χ1v) is 6.01. The summed E-state index contributed by atoms with van der Waals surface area (Å²) in [6, 6.07) is 5.60. The van der Waals surface area contributed by atoms with Gasteiger partial charge in [0.25, 0.3) is 0 Å². The van der Waals surface area contributed by atoms with Crippen LogP contribution in [0.25, 0.3) is 0 Å². The SMILES string of the molecule is Cc1ccsc1CNCc1ccc(O)cn1. The Labute approximate surface area is 98.8 Å². The van der Waals surface area contributed by atoms with Crippen LogP contribution in [0.3, 0.4) is 0 Å². The normalized spacial score (nSPS) is 10.6. The number of hydrogen-bond acceptors (Lipinski definition) is 4. The highest BCUT2D eigenvalue weighted by Crippen LogP contribution is 2.15. The lowest BCUT2D eigenvalue weighted by molar-refractivity contribution is 0.471. The van der Waals surface area contributed by atoms with Crippen LogP contribution >= 0.6 is 11.3 Å². The van der Waals surface area contributed by atoms with Gasteiger partial charge in [-0.25, -0.2) is 0 Å². The van der Waals surface area contributed by atoms with Gasteiger partial charge in [0.1, 0.15) is 5.75 Å². The molecule has 0 saturated carbocycles. The molecular formula is C12H14N2OS. The molecule has 0 saturated heterocycles. The number of aromatic hydroxyl groups is 1. The fourth-order valence-electron chi connectivity index (χ4n) is 1.41. The molecule has 0 atom stereocenters. The molecule has 2 heterocycles. The van der Waals surface area contributed by atoms with Gasteiger partial charge in [-0.1, -0.05) is 0 Å². The summed E-state index contributed by atoms with van der Waals surface area (Å²) < 4.78 is 0. The summed E-state index contributed by atoms with van der Waals surface area (Å²) in [4.78, 5) is 5.47. The van der Waals surface area contributed by atoms with Crippen LogP contribution in [0.2, 0.25) is 0 Å². The number of rotatable bonds is 4. The Kier molecular flexibility index (Phi) is 3.54. The molecule has 0 bridgehead atoms. The van der Waals surface area contributed by atoms with Crippen molar-refractivity contribution in [1.29, 1.82) is 0 Å². The topological polar surface area (TPSA) is 45.1 Å². The van der Waals surface area contributed by atoms with Crippen LogP contribution in [0, 0.1) is 6.92 Å². The maximum absolute atomic E-state index is 9.09. The molecule has 3 nitrogen and oxygen atoms in total. The average molecular weight is 234 g/mol. The summed E-state index contributed by atoms with van der Waals surface area (Å²) in [7, 11) is 0. The molecule has 2 rings (SSSR count). The van der Waals surface area contributed by atoms with Gasteiger partial charge in [-0.15, -0.1) is 11.3 Å². The van der Waals surface area contributed by atoms with Gasteiger partial charge in [0.05, 0.1) is 11.9 Å². The third kappa shape index (κ3) is 2.81. The van der Waals surface area contributed by atoms with Crippen LogP contribution in [0.5, 0.6) is 5.75 Å². The second kappa shape index (κ2) is 5.09. The molecule has 0 amide bonds. The van der Waals surface area contributed by atoms with Crippen molar-refractivity contribution in [3.63, 3.8) is 0 Å². The van der Waals surface area contributed by atoms with E-state index in [1.807, 2.05) is 6.07 Å². The number of aromatic nitrogens is 1. The van der Waals surface area contributed by atoms with Gasteiger partial charge >= 0.3 is 0 Å². The van der Waals surface area contributed by atoms with Crippen molar-refractivity contribution in [2.75, 3.05) is 0 Å². The van der Waals surface area contributed by atoms with Gasteiger partial charge < -0.3 is 10.4 Å². The van der Waals surface area contributed by atoms with Crippen molar-refractivity contribution in [3.05, 3.63) is 45.9 Å². The minimum atomic E-state index is 0.206. The zero-order valence-electron chi connectivity index (χ0n) is 9.10. The molecule has 2 aromatic rings. The summed E-state index contributed by atoms with van der Waals surface area (Å²) in [5.74, 6) is 0.206. The molecule has 4 heteroatoms. The third-order valence-corrected chi connectivity index (χ3v) is 3.39. The third-order valence-electron chi connectivity index (χ3n) is 2.37. The highest BCUT2D eigenvalue weighted by molar-refractivity contribution is 7.10. The number of aryl methyl sites for hydroxylation is 1. The minimum Gasteiger partial charge on any atom is -0.506 e. The van der Waals surface area contributed by atoms with Crippen LogP contribution in [0.1, 0.15) is 16.1 Å². The molecule has 0 spiro atoms. The second-order valence-electron chi connectivity index (χ2n) is 3.64. The molecule has 16 heavy (non-hydrogen) atoms. The Morgan fingerprint density at radius 2 is 2.19 bits per heavy atom. The van der Waals surface area contributed by atoms with Crippen molar-refractivity contribution >= 4 is 11.3 Å². The molecule has 0 radical (unpaired) electrons. The minimum absolute atomic E-state index is 0.206. The summed E-state index contributed by atoms with van der Waals surface area (Å²) in [6.45, 7) is 3.70. The molecule has 84 valence electrons. The quantitative estimate of drug-likeness (QED) is 0.854. The molecule has 0 fully saturated rings. The number of hydrogen-bond donors (Lipinski definition) is 2. The monoisotopic (exact) mass is 234 g/mol. The van der Waals surface area contributed by atoms with Crippen LogP contribution in [-0.2, 0) is 13.1 Å². The highest BCUT2D eigenvalue weighted by Gasteiger charge is 1.99. The fraction of sp³-hybridized carbons (Fsp3) is 0.250. The Hall–Kier alpha value is -1.39. The maximum Gasteiger partial charge on any atom is 0.133 e. The van der Waals surface area contributed by atoms with Gasteiger partial charge in [0, 0.05) is 18.0 Å². The summed E-state index contributed by atoms with van der Waals surface area (Å²) in [5, 5.41) is 14.5.